The summed E-state index contributed by atoms with van der Waals surface area (Å²) in [6.07, 6.45) is 2.78. The Morgan fingerprint density at radius 2 is 1.66 bits per heavy atom. The van der Waals surface area contributed by atoms with Crippen LogP contribution < -0.4 is 0 Å². The van der Waals surface area contributed by atoms with Crippen LogP contribution in [0.3, 0.4) is 0 Å². The fraction of sp³-hybridized carbons (Fsp3) is 0.722. The molecule has 3 fully saturated rings. The van der Waals surface area contributed by atoms with Crippen LogP contribution in [0.5, 0.6) is 0 Å². The molecule has 29 heavy (non-hydrogen) atoms. The molecule has 1 aromatic rings. The van der Waals surface area contributed by atoms with Crippen molar-refractivity contribution in [2.45, 2.75) is 30.4 Å². The van der Waals surface area contributed by atoms with E-state index in [1.54, 1.807) is 30.3 Å². The lowest BCUT2D eigenvalue weighted by Gasteiger charge is -2.46. The van der Waals surface area contributed by atoms with Crippen molar-refractivity contribution in [2.24, 2.45) is 10.8 Å². The summed E-state index contributed by atoms with van der Waals surface area (Å²) in [6, 6.07) is 1.80. The Hall–Kier alpha value is -1.01. The summed E-state index contributed by atoms with van der Waals surface area (Å²) < 4.78 is 54.1. The Morgan fingerprint density at radius 1 is 1.00 bits per heavy atom. The summed E-state index contributed by atoms with van der Waals surface area (Å²) >= 11 is 1.22. The zero-order valence-corrected chi connectivity index (χ0v) is 19.4. The average molecular weight is 462 g/mol. The fourth-order valence-corrected chi connectivity index (χ4v) is 9.28. The number of rotatable bonds is 3. The van der Waals surface area contributed by atoms with Gasteiger partial charge in [-0.3, -0.25) is 4.79 Å². The molecule has 1 amide bonds. The number of piperidine rings is 1. The lowest BCUT2D eigenvalue weighted by atomic mass is 9.60. The molecule has 0 radical (unpaired) electrons. The first-order chi connectivity index (χ1) is 13.4. The van der Waals surface area contributed by atoms with Gasteiger partial charge in [-0.05, 0) is 43.2 Å². The van der Waals surface area contributed by atoms with Gasteiger partial charge < -0.3 is 4.90 Å². The lowest BCUT2D eigenvalue weighted by molar-refractivity contribution is -0.140. The number of hydrogen-bond donors (Lipinski definition) is 0. The predicted octanol–water partition coefficient (Wildman–Crippen LogP) is 0.951. The molecule has 0 aliphatic carbocycles. The molecule has 2 spiro atoms. The molecular formula is C18H27N3O5S3. The number of thiophene rings is 1. The van der Waals surface area contributed by atoms with Gasteiger partial charge in [-0.25, -0.2) is 21.1 Å². The van der Waals surface area contributed by atoms with E-state index in [1.165, 1.54) is 26.2 Å². The van der Waals surface area contributed by atoms with Crippen LogP contribution in [-0.4, -0.2) is 82.3 Å². The number of carbonyl (C=O) groups excluding carboxylic acids is 1. The van der Waals surface area contributed by atoms with Gasteiger partial charge in [-0.1, -0.05) is 0 Å². The molecule has 4 heterocycles. The molecule has 3 aliphatic rings. The molecule has 11 heteroatoms. The standard InChI is InChI=1S/C18H27N3O5S3/c1-14-4-11-27-15(14)29(25,26)20-9-5-17(6-10-20)12-21(28(3,23)24)13-18(17)7-8-19(2)16(18)22/h4,11H,5-10,12-13H2,1-3H3. The Bertz CT molecular complexity index is 1040. The second-order valence-electron chi connectivity index (χ2n) is 8.67. The van der Waals surface area contributed by atoms with E-state index in [0.29, 0.717) is 43.1 Å². The number of fused-ring (bicyclic) bond motifs is 1. The van der Waals surface area contributed by atoms with Crippen molar-refractivity contribution in [3.05, 3.63) is 17.0 Å². The topological polar surface area (TPSA) is 95.1 Å². The third-order valence-electron chi connectivity index (χ3n) is 7.11. The predicted molar refractivity (Wildman–Crippen MR) is 111 cm³/mol. The molecule has 162 valence electrons. The van der Waals surface area contributed by atoms with E-state index in [9.17, 15) is 21.6 Å². The minimum absolute atomic E-state index is 0.00550. The van der Waals surface area contributed by atoms with Crippen LogP contribution in [0.25, 0.3) is 0 Å². The smallest absolute Gasteiger partial charge is 0.252 e. The average Bonchev–Trinajstić information content (AvgIpc) is 3.30. The second-order valence-corrected chi connectivity index (χ2v) is 13.7. The largest absolute Gasteiger partial charge is 0.345 e. The quantitative estimate of drug-likeness (QED) is 0.668. The highest BCUT2D eigenvalue weighted by molar-refractivity contribution is 7.91. The van der Waals surface area contributed by atoms with E-state index < -0.39 is 30.9 Å². The maximum Gasteiger partial charge on any atom is 0.252 e. The number of nitrogens with zero attached hydrogens (tertiary/aromatic N) is 3. The molecule has 4 rings (SSSR count). The van der Waals surface area contributed by atoms with Crippen LogP contribution in [0.15, 0.2) is 15.7 Å². The maximum atomic E-state index is 13.2. The number of likely N-dealkylation sites (tertiary alicyclic amines) is 1. The van der Waals surface area contributed by atoms with Crippen LogP contribution in [0.1, 0.15) is 24.8 Å². The first kappa shape index (κ1) is 21.2. The van der Waals surface area contributed by atoms with Gasteiger partial charge in [0.05, 0.1) is 11.7 Å². The van der Waals surface area contributed by atoms with E-state index in [-0.39, 0.29) is 19.0 Å². The zero-order valence-electron chi connectivity index (χ0n) is 16.9. The summed E-state index contributed by atoms with van der Waals surface area (Å²) in [4.78, 5) is 14.8. The molecule has 3 aliphatic heterocycles. The van der Waals surface area contributed by atoms with Gasteiger partial charge in [0.2, 0.25) is 15.9 Å². The van der Waals surface area contributed by atoms with Crippen molar-refractivity contribution in [3.63, 3.8) is 0 Å². The van der Waals surface area contributed by atoms with E-state index >= 15 is 0 Å². The van der Waals surface area contributed by atoms with Gasteiger partial charge in [-0.2, -0.15) is 4.31 Å². The normalized spacial score (nSPS) is 28.8. The van der Waals surface area contributed by atoms with Crippen LogP contribution in [-0.2, 0) is 24.8 Å². The van der Waals surface area contributed by atoms with Crippen LogP contribution in [0.4, 0.5) is 0 Å². The highest BCUT2D eigenvalue weighted by Gasteiger charge is 2.66. The SMILES string of the molecule is Cc1ccsc1S(=O)(=O)N1CCC2(CC1)CN(S(C)(=O)=O)CC21CCN(C)C1=O. The minimum atomic E-state index is -3.57. The van der Waals surface area contributed by atoms with Gasteiger partial charge in [0.1, 0.15) is 4.21 Å². The number of amides is 1. The van der Waals surface area contributed by atoms with Gasteiger partial charge >= 0.3 is 0 Å². The van der Waals surface area contributed by atoms with Crippen molar-refractivity contribution >= 4 is 37.3 Å². The molecule has 0 saturated carbocycles. The molecule has 3 saturated heterocycles. The number of aryl methyl sites for hydroxylation is 1. The number of carbonyl (C=O) groups is 1. The zero-order chi connectivity index (χ0) is 21.2. The first-order valence-corrected chi connectivity index (χ1v) is 13.8. The molecule has 8 nitrogen and oxygen atoms in total. The monoisotopic (exact) mass is 461 g/mol. The van der Waals surface area contributed by atoms with Gasteiger partial charge in [-0.15, -0.1) is 11.3 Å². The molecule has 0 bridgehead atoms. The summed E-state index contributed by atoms with van der Waals surface area (Å²) in [5, 5.41) is 1.77. The van der Waals surface area contributed by atoms with Crippen molar-refractivity contribution in [1.82, 2.24) is 13.5 Å². The van der Waals surface area contributed by atoms with Gasteiger partial charge in [0, 0.05) is 45.2 Å². The Kier molecular flexibility index (Phi) is 4.94. The summed E-state index contributed by atoms with van der Waals surface area (Å²) in [6.45, 7) is 3.49. The first-order valence-electron chi connectivity index (χ1n) is 9.68. The number of sulfonamides is 2. The Labute approximate surface area is 176 Å². The maximum absolute atomic E-state index is 13.2. The third kappa shape index (κ3) is 3.08. The number of hydrogen-bond acceptors (Lipinski definition) is 6. The highest BCUT2D eigenvalue weighted by atomic mass is 32.2. The van der Waals surface area contributed by atoms with E-state index in [2.05, 4.69) is 0 Å². The Balaban J connectivity index is 1.65. The molecule has 0 aromatic carbocycles. The van der Waals surface area contributed by atoms with E-state index in [0.717, 1.165) is 5.56 Å². The summed E-state index contributed by atoms with van der Waals surface area (Å²) in [5.41, 5.74) is -0.531. The van der Waals surface area contributed by atoms with Crippen molar-refractivity contribution in [1.29, 1.82) is 0 Å². The third-order valence-corrected chi connectivity index (χ3v) is 11.9. The van der Waals surface area contributed by atoms with Crippen LogP contribution in [0.2, 0.25) is 0 Å². The fourth-order valence-electron chi connectivity index (χ4n) is 5.35. The van der Waals surface area contributed by atoms with Gasteiger partial charge in [0.25, 0.3) is 10.0 Å². The van der Waals surface area contributed by atoms with Crippen molar-refractivity contribution in [2.75, 3.05) is 46.0 Å². The molecule has 1 atom stereocenters. The highest BCUT2D eigenvalue weighted by Crippen LogP contribution is 2.58. The van der Waals surface area contributed by atoms with E-state index in [1.807, 2.05) is 0 Å². The molecule has 1 aromatic heterocycles. The van der Waals surface area contributed by atoms with Crippen molar-refractivity contribution < 1.29 is 21.6 Å². The summed E-state index contributed by atoms with van der Waals surface area (Å²) in [5.74, 6) is -0.00550. The van der Waals surface area contributed by atoms with Gasteiger partial charge in [0.15, 0.2) is 0 Å². The van der Waals surface area contributed by atoms with Crippen molar-refractivity contribution in [3.8, 4) is 0 Å². The molecular weight excluding hydrogens is 434 g/mol. The lowest BCUT2D eigenvalue weighted by Crippen LogP contribution is -2.53. The Morgan fingerprint density at radius 3 is 2.14 bits per heavy atom. The molecule has 1 unspecified atom stereocenters. The summed E-state index contributed by atoms with van der Waals surface area (Å²) in [7, 11) is -5.25. The minimum Gasteiger partial charge on any atom is -0.345 e. The van der Waals surface area contributed by atoms with Crippen LogP contribution in [0, 0.1) is 17.8 Å². The van der Waals surface area contributed by atoms with E-state index in [4.69, 9.17) is 0 Å². The molecule has 0 N–H and O–H groups in total. The van der Waals surface area contributed by atoms with Crippen LogP contribution >= 0.6 is 11.3 Å². The second kappa shape index (κ2) is 6.74.